The lowest BCUT2D eigenvalue weighted by Gasteiger charge is -2.31. The molecule has 0 radical (unpaired) electrons. The van der Waals surface area contributed by atoms with Crippen LogP contribution >= 0.6 is 0 Å². The highest BCUT2D eigenvalue weighted by molar-refractivity contribution is 4.87. The Bertz CT molecular complexity index is 148. The third-order valence-electron chi connectivity index (χ3n) is 3.00. The maximum atomic E-state index is 2.38. The highest BCUT2D eigenvalue weighted by Gasteiger charge is 2.23. The Hall–Kier alpha value is -0.260. The summed E-state index contributed by atoms with van der Waals surface area (Å²) in [4.78, 5) is 0. The van der Waals surface area contributed by atoms with Gasteiger partial charge in [0, 0.05) is 0 Å². The van der Waals surface area contributed by atoms with Crippen molar-refractivity contribution >= 4 is 0 Å². The monoisotopic (exact) mass is 182 g/mol. The summed E-state index contributed by atoms with van der Waals surface area (Å²) in [6.45, 7) is 7.13. The Balaban J connectivity index is 0.00000144. The summed E-state index contributed by atoms with van der Waals surface area (Å²) in [5.74, 6) is 0.933. The van der Waals surface area contributed by atoms with E-state index in [1.54, 1.807) is 0 Å². The van der Waals surface area contributed by atoms with Crippen LogP contribution in [0.1, 0.15) is 60.3 Å². The Labute approximate surface area is 84.4 Å². The van der Waals surface area contributed by atoms with Gasteiger partial charge in [-0.25, -0.2) is 0 Å². The first-order valence-electron chi connectivity index (χ1n) is 5.26. The first kappa shape index (κ1) is 12.7. The van der Waals surface area contributed by atoms with Gasteiger partial charge in [-0.2, -0.15) is 0 Å². The number of hydrogen-bond donors (Lipinski definition) is 0. The van der Waals surface area contributed by atoms with Crippen LogP contribution in [0.4, 0.5) is 0 Å². The quantitative estimate of drug-likeness (QED) is 0.472. The van der Waals surface area contributed by atoms with Crippen molar-refractivity contribution in [2.24, 2.45) is 11.3 Å². The van der Waals surface area contributed by atoms with Crippen LogP contribution in [-0.4, -0.2) is 0 Å². The van der Waals surface area contributed by atoms with Crippen molar-refractivity contribution < 1.29 is 0 Å². The smallest absolute Gasteiger partial charge is 0.0348 e. The summed E-state index contributed by atoms with van der Waals surface area (Å²) in [5.41, 5.74) is 0.519. The van der Waals surface area contributed by atoms with Gasteiger partial charge in [0.1, 0.15) is 0 Å². The molecule has 1 atom stereocenters. The second-order valence-corrected chi connectivity index (χ2v) is 5.04. The molecule has 0 aliphatic heterocycles. The van der Waals surface area contributed by atoms with E-state index in [0.29, 0.717) is 5.41 Å². The first-order valence-corrected chi connectivity index (χ1v) is 5.26. The highest BCUT2D eigenvalue weighted by atomic mass is 14.3. The SMILES string of the molecule is C.CC(C)(C)C1CC/C=C/CCC1. The molecule has 0 amide bonds. The molecule has 78 valence electrons. The van der Waals surface area contributed by atoms with Gasteiger partial charge in [-0.3, -0.25) is 0 Å². The third-order valence-corrected chi connectivity index (χ3v) is 3.00. The number of hydrogen-bond acceptors (Lipinski definition) is 0. The van der Waals surface area contributed by atoms with Crippen LogP contribution < -0.4 is 0 Å². The molecule has 0 nitrogen and oxygen atoms in total. The highest BCUT2D eigenvalue weighted by Crippen LogP contribution is 2.34. The van der Waals surface area contributed by atoms with Crippen molar-refractivity contribution in [1.82, 2.24) is 0 Å². The van der Waals surface area contributed by atoms with Crippen LogP contribution in [0, 0.1) is 11.3 Å². The van der Waals surface area contributed by atoms with Crippen molar-refractivity contribution in [1.29, 1.82) is 0 Å². The number of allylic oxidation sites excluding steroid dienone is 2. The molecular weight excluding hydrogens is 156 g/mol. The third kappa shape index (κ3) is 4.50. The molecule has 0 saturated carbocycles. The second-order valence-electron chi connectivity index (χ2n) is 5.04. The van der Waals surface area contributed by atoms with E-state index in [1.807, 2.05) is 0 Å². The van der Waals surface area contributed by atoms with E-state index in [9.17, 15) is 0 Å². The van der Waals surface area contributed by atoms with Crippen molar-refractivity contribution in [2.45, 2.75) is 60.3 Å². The minimum atomic E-state index is 0. The molecule has 0 aromatic heterocycles. The van der Waals surface area contributed by atoms with E-state index in [2.05, 4.69) is 32.9 Å². The fourth-order valence-corrected chi connectivity index (χ4v) is 2.03. The summed E-state index contributed by atoms with van der Waals surface area (Å²) in [7, 11) is 0. The molecule has 0 aromatic carbocycles. The van der Waals surface area contributed by atoms with Crippen LogP contribution in [0.2, 0.25) is 0 Å². The lowest BCUT2D eigenvalue weighted by molar-refractivity contribution is 0.208. The fourth-order valence-electron chi connectivity index (χ4n) is 2.03. The molecule has 1 rings (SSSR count). The van der Waals surface area contributed by atoms with Crippen molar-refractivity contribution in [3.05, 3.63) is 12.2 Å². The maximum Gasteiger partial charge on any atom is -0.0348 e. The molecule has 13 heavy (non-hydrogen) atoms. The van der Waals surface area contributed by atoms with Crippen LogP contribution in [0.3, 0.4) is 0 Å². The van der Waals surface area contributed by atoms with Crippen molar-refractivity contribution in [3.8, 4) is 0 Å². The molecule has 0 bridgehead atoms. The predicted molar refractivity (Wildman–Crippen MR) is 61.9 cm³/mol. The van der Waals surface area contributed by atoms with E-state index in [1.165, 1.54) is 32.1 Å². The molecule has 1 unspecified atom stereocenters. The summed E-state index contributed by atoms with van der Waals surface area (Å²) >= 11 is 0. The first-order chi connectivity index (χ1) is 5.61. The Morgan fingerprint density at radius 1 is 1.00 bits per heavy atom. The van der Waals surface area contributed by atoms with Gasteiger partial charge in [-0.1, -0.05) is 40.3 Å². The summed E-state index contributed by atoms with van der Waals surface area (Å²) in [6.07, 6.45) is 11.5. The minimum absolute atomic E-state index is 0. The van der Waals surface area contributed by atoms with Crippen LogP contribution in [0.5, 0.6) is 0 Å². The van der Waals surface area contributed by atoms with Crippen LogP contribution in [-0.2, 0) is 0 Å². The summed E-state index contributed by atoms with van der Waals surface area (Å²) < 4.78 is 0. The molecular formula is C13H26. The Morgan fingerprint density at radius 3 is 2.23 bits per heavy atom. The zero-order chi connectivity index (χ0) is 9.03. The normalized spacial score (nSPS) is 26.8. The van der Waals surface area contributed by atoms with Crippen molar-refractivity contribution in [3.63, 3.8) is 0 Å². The average molecular weight is 182 g/mol. The minimum Gasteiger partial charge on any atom is -0.0885 e. The molecule has 0 N–H and O–H groups in total. The van der Waals surface area contributed by atoms with E-state index in [0.717, 1.165) is 5.92 Å². The van der Waals surface area contributed by atoms with Gasteiger partial charge in [0.25, 0.3) is 0 Å². The molecule has 0 heteroatoms. The molecule has 0 spiro atoms. The zero-order valence-corrected chi connectivity index (χ0v) is 8.77. The van der Waals surface area contributed by atoms with Gasteiger partial charge in [0.15, 0.2) is 0 Å². The van der Waals surface area contributed by atoms with Gasteiger partial charge in [-0.15, -0.1) is 0 Å². The van der Waals surface area contributed by atoms with Gasteiger partial charge in [0.05, 0.1) is 0 Å². The van der Waals surface area contributed by atoms with E-state index < -0.39 is 0 Å². The molecule has 0 saturated heterocycles. The molecule has 0 fully saturated rings. The van der Waals surface area contributed by atoms with Crippen LogP contribution in [0.15, 0.2) is 12.2 Å². The maximum absolute atomic E-state index is 2.38. The lowest BCUT2D eigenvalue weighted by Crippen LogP contribution is -2.20. The molecule has 1 aliphatic carbocycles. The average Bonchev–Trinajstić information content (AvgIpc) is 1.81. The van der Waals surface area contributed by atoms with Gasteiger partial charge in [0.2, 0.25) is 0 Å². The zero-order valence-electron chi connectivity index (χ0n) is 8.77. The Morgan fingerprint density at radius 2 is 1.62 bits per heavy atom. The van der Waals surface area contributed by atoms with Gasteiger partial charge >= 0.3 is 0 Å². The molecule has 0 heterocycles. The Kier molecular flexibility index (Phi) is 5.36. The summed E-state index contributed by atoms with van der Waals surface area (Å²) in [6, 6.07) is 0. The van der Waals surface area contributed by atoms with Gasteiger partial charge in [-0.05, 0) is 43.4 Å². The van der Waals surface area contributed by atoms with Gasteiger partial charge < -0.3 is 0 Å². The van der Waals surface area contributed by atoms with Crippen LogP contribution in [0.25, 0.3) is 0 Å². The second kappa shape index (κ2) is 5.47. The topological polar surface area (TPSA) is 0 Å². The molecule has 0 aromatic rings. The standard InChI is InChI=1S/C12H22.CH4/c1-12(2,3)11-9-7-5-4-6-8-10-11;/h4-5,11H,6-10H2,1-3H3;1H4/b5-4+;. The summed E-state index contributed by atoms with van der Waals surface area (Å²) in [5, 5.41) is 0. The fraction of sp³-hybridized carbons (Fsp3) is 0.846. The van der Waals surface area contributed by atoms with Crippen molar-refractivity contribution in [2.75, 3.05) is 0 Å². The van der Waals surface area contributed by atoms with E-state index >= 15 is 0 Å². The predicted octanol–water partition coefficient (Wildman–Crippen LogP) is 4.81. The largest absolute Gasteiger partial charge is 0.0885 e. The molecule has 1 aliphatic rings. The number of rotatable bonds is 0. The van der Waals surface area contributed by atoms with E-state index in [4.69, 9.17) is 0 Å². The lowest BCUT2D eigenvalue weighted by atomic mass is 9.75. The van der Waals surface area contributed by atoms with E-state index in [-0.39, 0.29) is 7.43 Å².